The van der Waals surface area contributed by atoms with Gasteiger partial charge in [-0.05, 0) is 66.7 Å². The fourth-order valence-corrected chi connectivity index (χ4v) is 6.12. The van der Waals surface area contributed by atoms with Crippen molar-refractivity contribution in [3.05, 3.63) is 146 Å². The molecule has 0 aliphatic heterocycles. The molecule has 0 amide bonds. The topological polar surface area (TPSA) is 52.1 Å². The summed E-state index contributed by atoms with van der Waals surface area (Å²) in [6.45, 7) is 0. The number of hydrogen-bond acceptors (Lipinski definition) is 4. The van der Waals surface area contributed by atoms with Gasteiger partial charge in [0.05, 0.1) is 22.8 Å². The third-order valence-electron chi connectivity index (χ3n) is 8.30. The zero-order chi connectivity index (χ0) is 29.0. The Balaban J connectivity index is 1.05. The number of rotatable bonds is 4. The first kappa shape index (κ1) is 24.6. The molecular formula is C40H24N2O2. The minimum atomic E-state index is 0.864. The Morgan fingerprint density at radius 2 is 0.682 bits per heavy atom. The highest BCUT2D eigenvalue weighted by Gasteiger charge is 2.12. The smallest absolute Gasteiger partial charge is 0.136 e. The summed E-state index contributed by atoms with van der Waals surface area (Å²) in [6.07, 6.45) is 0. The Morgan fingerprint density at radius 1 is 0.295 bits per heavy atom. The van der Waals surface area contributed by atoms with Gasteiger partial charge in [0.1, 0.15) is 22.3 Å². The van der Waals surface area contributed by atoms with E-state index in [2.05, 4.69) is 97.1 Å². The van der Waals surface area contributed by atoms with Crippen molar-refractivity contribution in [3.63, 3.8) is 0 Å². The Bertz CT molecular complexity index is 2350. The van der Waals surface area contributed by atoms with Crippen LogP contribution < -0.4 is 0 Å². The third kappa shape index (κ3) is 4.08. The van der Waals surface area contributed by atoms with Gasteiger partial charge < -0.3 is 8.83 Å². The lowest BCUT2D eigenvalue weighted by molar-refractivity contribution is 0.668. The van der Waals surface area contributed by atoms with Crippen molar-refractivity contribution >= 4 is 43.9 Å². The van der Waals surface area contributed by atoms with E-state index in [1.54, 1.807) is 0 Å². The van der Waals surface area contributed by atoms with E-state index in [0.29, 0.717) is 0 Å². The van der Waals surface area contributed by atoms with E-state index < -0.39 is 0 Å². The molecule has 4 heterocycles. The molecule has 206 valence electrons. The largest absolute Gasteiger partial charge is 0.456 e. The molecule has 0 aliphatic carbocycles. The van der Waals surface area contributed by atoms with Crippen LogP contribution in [0.15, 0.2) is 154 Å². The average Bonchev–Trinajstić information content (AvgIpc) is 3.66. The van der Waals surface area contributed by atoms with Gasteiger partial charge in [0.2, 0.25) is 0 Å². The average molecular weight is 565 g/mol. The van der Waals surface area contributed by atoms with Gasteiger partial charge in [-0.3, -0.25) is 0 Å². The second-order valence-corrected chi connectivity index (χ2v) is 11.0. The van der Waals surface area contributed by atoms with Gasteiger partial charge in [0.25, 0.3) is 0 Å². The van der Waals surface area contributed by atoms with Gasteiger partial charge in [0, 0.05) is 43.8 Å². The van der Waals surface area contributed by atoms with Crippen molar-refractivity contribution in [1.82, 2.24) is 9.97 Å². The zero-order valence-corrected chi connectivity index (χ0v) is 23.6. The number of aromatic nitrogens is 2. The highest BCUT2D eigenvalue weighted by atomic mass is 16.3. The molecule has 0 unspecified atom stereocenters. The monoisotopic (exact) mass is 564 g/mol. The normalized spacial score (nSPS) is 11.6. The number of furan rings is 2. The van der Waals surface area contributed by atoms with Gasteiger partial charge in [-0.1, -0.05) is 78.9 Å². The van der Waals surface area contributed by atoms with E-state index in [1.165, 1.54) is 0 Å². The third-order valence-corrected chi connectivity index (χ3v) is 8.30. The summed E-state index contributed by atoms with van der Waals surface area (Å²) < 4.78 is 12.3. The van der Waals surface area contributed by atoms with E-state index in [0.717, 1.165) is 88.9 Å². The predicted octanol–water partition coefficient (Wildman–Crippen LogP) is 10.9. The molecule has 0 fully saturated rings. The van der Waals surface area contributed by atoms with Crippen LogP contribution in [0.3, 0.4) is 0 Å². The van der Waals surface area contributed by atoms with Crippen molar-refractivity contribution < 1.29 is 8.83 Å². The molecule has 9 rings (SSSR count). The molecule has 0 saturated heterocycles. The van der Waals surface area contributed by atoms with Crippen LogP contribution in [-0.4, -0.2) is 9.97 Å². The van der Waals surface area contributed by atoms with Gasteiger partial charge >= 0.3 is 0 Å². The molecule has 4 aromatic heterocycles. The number of pyridine rings is 2. The first-order chi connectivity index (χ1) is 21.8. The van der Waals surface area contributed by atoms with Crippen LogP contribution in [0.5, 0.6) is 0 Å². The molecule has 0 radical (unpaired) electrons. The summed E-state index contributed by atoms with van der Waals surface area (Å²) in [6, 6.07) is 49.6. The molecular weight excluding hydrogens is 540 g/mol. The molecule has 0 saturated carbocycles. The minimum absolute atomic E-state index is 0.864. The van der Waals surface area contributed by atoms with Crippen LogP contribution in [0.25, 0.3) is 88.9 Å². The second kappa shape index (κ2) is 9.79. The molecule has 4 nitrogen and oxygen atoms in total. The van der Waals surface area contributed by atoms with Crippen molar-refractivity contribution in [1.29, 1.82) is 0 Å². The number of benzene rings is 5. The van der Waals surface area contributed by atoms with E-state index in [-0.39, 0.29) is 0 Å². The Hall–Kier alpha value is -6.00. The standard InChI is InChI=1S/C40H24N2O2/c1-3-16-37-29(10-1)31-20-18-27(23-39(31)43-37)35-14-6-12-33(41-35)25-8-5-9-26(22-25)34-13-7-15-36(42-34)28-19-21-32-30-11-2-4-17-38(30)44-40(32)24-28/h1-24H. The number of hydrogen-bond donors (Lipinski definition) is 0. The Labute approximate surface area is 252 Å². The molecule has 0 N–H and O–H groups in total. The van der Waals surface area contributed by atoms with Gasteiger partial charge in [-0.2, -0.15) is 0 Å². The maximum atomic E-state index is 6.13. The molecule has 9 aromatic rings. The number of para-hydroxylation sites is 2. The summed E-state index contributed by atoms with van der Waals surface area (Å²) in [5, 5.41) is 4.47. The van der Waals surface area contributed by atoms with Crippen molar-refractivity contribution in [2.24, 2.45) is 0 Å². The maximum Gasteiger partial charge on any atom is 0.136 e. The van der Waals surface area contributed by atoms with Gasteiger partial charge in [-0.25, -0.2) is 9.97 Å². The molecule has 5 aromatic carbocycles. The van der Waals surface area contributed by atoms with Crippen LogP contribution in [0.4, 0.5) is 0 Å². The van der Waals surface area contributed by atoms with Crippen LogP contribution in [0.2, 0.25) is 0 Å². The van der Waals surface area contributed by atoms with E-state index in [9.17, 15) is 0 Å². The SMILES string of the molecule is c1cc(-c2cccc(-c3ccc4c(c3)oc3ccccc34)n2)cc(-c2cccc(-c3ccc4c(c3)oc3ccccc34)n2)c1. The summed E-state index contributed by atoms with van der Waals surface area (Å²) in [7, 11) is 0. The second-order valence-electron chi connectivity index (χ2n) is 11.0. The van der Waals surface area contributed by atoms with Crippen molar-refractivity contribution in [2.75, 3.05) is 0 Å². The van der Waals surface area contributed by atoms with Gasteiger partial charge in [-0.15, -0.1) is 0 Å². The van der Waals surface area contributed by atoms with E-state index >= 15 is 0 Å². The van der Waals surface area contributed by atoms with Crippen LogP contribution in [0, 0.1) is 0 Å². The lowest BCUT2D eigenvalue weighted by atomic mass is 10.0. The number of fused-ring (bicyclic) bond motifs is 6. The van der Waals surface area contributed by atoms with Crippen molar-refractivity contribution in [3.8, 4) is 45.0 Å². The maximum absolute atomic E-state index is 6.13. The Kier molecular flexibility index (Phi) is 5.47. The summed E-state index contributed by atoms with van der Waals surface area (Å²) in [5.74, 6) is 0. The summed E-state index contributed by atoms with van der Waals surface area (Å²) in [5.41, 5.74) is 11.2. The fourth-order valence-electron chi connectivity index (χ4n) is 6.12. The van der Waals surface area contributed by atoms with Crippen LogP contribution >= 0.6 is 0 Å². The highest BCUT2D eigenvalue weighted by Crippen LogP contribution is 2.34. The molecule has 0 aliphatic rings. The molecule has 44 heavy (non-hydrogen) atoms. The lowest BCUT2D eigenvalue weighted by Crippen LogP contribution is -1.90. The van der Waals surface area contributed by atoms with Gasteiger partial charge in [0.15, 0.2) is 0 Å². The fraction of sp³-hybridized carbons (Fsp3) is 0. The van der Waals surface area contributed by atoms with E-state index in [1.807, 2.05) is 48.5 Å². The van der Waals surface area contributed by atoms with Crippen molar-refractivity contribution in [2.45, 2.75) is 0 Å². The molecule has 0 spiro atoms. The number of nitrogens with zero attached hydrogens (tertiary/aromatic N) is 2. The quantitative estimate of drug-likeness (QED) is 0.213. The Morgan fingerprint density at radius 3 is 1.16 bits per heavy atom. The first-order valence-electron chi connectivity index (χ1n) is 14.7. The highest BCUT2D eigenvalue weighted by molar-refractivity contribution is 6.06. The molecule has 0 bridgehead atoms. The minimum Gasteiger partial charge on any atom is -0.456 e. The van der Waals surface area contributed by atoms with Crippen LogP contribution in [-0.2, 0) is 0 Å². The summed E-state index contributed by atoms with van der Waals surface area (Å²) in [4.78, 5) is 10.1. The zero-order valence-electron chi connectivity index (χ0n) is 23.6. The summed E-state index contributed by atoms with van der Waals surface area (Å²) >= 11 is 0. The van der Waals surface area contributed by atoms with Crippen LogP contribution in [0.1, 0.15) is 0 Å². The first-order valence-corrected chi connectivity index (χ1v) is 14.7. The lowest BCUT2D eigenvalue weighted by Gasteiger charge is -2.09. The predicted molar refractivity (Wildman–Crippen MR) is 178 cm³/mol. The van der Waals surface area contributed by atoms with E-state index in [4.69, 9.17) is 18.8 Å². The molecule has 0 atom stereocenters. The molecule has 4 heteroatoms.